The van der Waals surface area contributed by atoms with Crippen LogP contribution in [-0.4, -0.2) is 35.0 Å². The Balaban J connectivity index is 2.40. The fraction of sp³-hybridized carbons (Fsp3) is 0.462. The van der Waals surface area contributed by atoms with Crippen molar-refractivity contribution in [1.82, 2.24) is 10.6 Å². The maximum absolute atomic E-state index is 11.7. The highest BCUT2D eigenvalue weighted by atomic mass is 79.9. The maximum Gasteiger partial charge on any atom is 0.303 e. The summed E-state index contributed by atoms with van der Waals surface area (Å²) in [5.41, 5.74) is -0.659. The maximum atomic E-state index is 11.7. The van der Waals surface area contributed by atoms with Crippen LogP contribution in [0.1, 0.15) is 37.2 Å². The number of nitrogens with one attached hydrogen (secondary N) is 2. The van der Waals surface area contributed by atoms with Crippen LogP contribution in [0.2, 0.25) is 0 Å². The lowest BCUT2D eigenvalue weighted by atomic mass is 9.98. The molecule has 21 heavy (non-hydrogen) atoms. The monoisotopic (exact) mass is 360 g/mol. The Hall–Kier alpha value is -1.83. The number of amides is 2. The van der Waals surface area contributed by atoms with Crippen LogP contribution in [0.5, 0.6) is 0 Å². The lowest BCUT2D eigenvalue weighted by Gasteiger charge is -2.25. The van der Waals surface area contributed by atoms with E-state index in [4.69, 9.17) is 9.52 Å². The van der Waals surface area contributed by atoms with Crippen LogP contribution < -0.4 is 10.6 Å². The zero-order chi connectivity index (χ0) is 16.0. The number of aliphatic carboxylic acids is 1. The van der Waals surface area contributed by atoms with Gasteiger partial charge in [0, 0.05) is 12.0 Å². The molecule has 2 amide bonds. The van der Waals surface area contributed by atoms with Crippen molar-refractivity contribution in [3.8, 4) is 0 Å². The van der Waals surface area contributed by atoms with Gasteiger partial charge in [-0.25, -0.2) is 0 Å². The molecule has 1 aromatic heterocycles. The molecule has 0 saturated carbocycles. The van der Waals surface area contributed by atoms with Gasteiger partial charge in [0.1, 0.15) is 0 Å². The van der Waals surface area contributed by atoms with Gasteiger partial charge in [-0.2, -0.15) is 0 Å². The summed E-state index contributed by atoms with van der Waals surface area (Å²) >= 11 is 3.08. The van der Waals surface area contributed by atoms with Crippen molar-refractivity contribution in [2.24, 2.45) is 0 Å². The molecule has 0 spiro atoms. The predicted octanol–water partition coefficient (Wildman–Crippen LogP) is 1.53. The Morgan fingerprint density at radius 1 is 1.33 bits per heavy atom. The number of hydrogen-bond donors (Lipinski definition) is 3. The number of rotatable bonds is 7. The topological polar surface area (TPSA) is 109 Å². The van der Waals surface area contributed by atoms with Crippen molar-refractivity contribution in [3.63, 3.8) is 0 Å². The molecular weight excluding hydrogens is 344 g/mol. The molecular formula is C13H17BrN2O5. The Morgan fingerprint density at radius 2 is 2.00 bits per heavy atom. The van der Waals surface area contributed by atoms with E-state index >= 15 is 0 Å². The normalized spacial score (nSPS) is 11.0. The fourth-order valence-corrected chi connectivity index (χ4v) is 1.89. The largest absolute Gasteiger partial charge is 0.481 e. The van der Waals surface area contributed by atoms with Gasteiger partial charge in [0.25, 0.3) is 5.91 Å². The molecule has 0 aliphatic heterocycles. The van der Waals surface area contributed by atoms with Crippen LogP contribution in [0.15, 0.2) is 21.2 Å². The van der Waals surface area contributed by atoms with Gasteiger partial charge in [0.15, 0.2) is 10.4 Å². The lowest BCUT2D eigenvalue weighted by Crippen LogP contribution is -2.47. The average molecular weight is 361 g/mol. The summed E-state index contributed by atoms with van der Waals surface area (Å²) in [6.45, 7) is 3.23. The molecule has 1 rings (SSSR count). The molecule has 0 saturated heterocycles. The third kappa shape index (κ3) is 6.44. The van der Waals surface area contributed by atoms with Crippen LogP contribution >= 0.6 is 15.9 Å². The Bertz CT molecular complexity index is 538. The van der Waals surface area contributed by atoms with Crippen LogP contribution in [0.25, 0.3) is 0 Å². The first-order chi connectivity index (χ1) is 9.69. The summed E-state index contributed by atoms with van der Waals surface area (Å²) in [5.74, 6) is -1.72. The van der Waals surface area contributed by atoms with Gasteiger partial charge < -0.3 is 20.2 Å². The van der Waals surface area contributed by atoms with E-state index in [1.807, 2.05) is 0 Å². The highest BCUT2D eigenvalue weighted by Gasteiger charge is 2.22. The first-order valence-electron chi connectivity index (χ1n) is 6.26. The van der Waals surface area contributed by atoms with E-state index in [-0.39, 0.29) is 18.7 Å². The van der Waals surface area contributed by atoms with E-state index < -0.39 is 23.3 Å². The number of carboxylic acid groups (broad SMARTS) is 1. The molecule has 116 valence electrons. The zero-order valence-electron chi connectivity index (χ0n) is 11.7. The molecule has 0 bridgehead atoms. The highest BCUT2D eigenvalue weighted by Crippen LogP contribution is 2.13. The van der Waals surface area contributed by atoms with Crippen molar-refractivity contribution in [2.75, 3.05) is 6.54 Å². The minimum Gasteiger partial charge on any atom is -0.481 e. The van der Waals surface area contributed by atoms with Crippen LogP contribution in [0, 0.1) is 0 Å². The predicted molar refractivity (Wildman–Crippen MR) is 77.8 cm³/mol. The third-order valence-electron chi connectivity index (χ3n) is 2.65. The summed E-state index contributed by atoms with van der Waals surface area (Å²) < 4.78 is 5.47. The van der Waals surface area contributed by atoms with Crippen LogP contribution in [0.3, 0.4) is 0 Å². The Kier molecular flexibility index (Phi) is 5.95. The second-order valence-electron chi connectivity index (χ2n) is 5.11. The number of halogens is 1. The van der Waals surface area contributed by atoms with Gasteiger partial charge in [0.2, 0.25) is 5.91 Å². The van der Waals surface area contributed by atoms with Crippen LogP contribution in [-0.2, 0) is 9.59 Å². The van der Waals surface area contributed by atoms with Gasteiger partial charge in [0.05, 0.1) is 6.54 Å². The summed E-state index contributed by atoms with van der Waals surface area (Å²) in [7, 11) is 0. The fourth-order valence-electron chi connectivity index (χ4n) is 1.59. The van der Waals surface area contributed by atoms with Gasteiger partial charge >= 0.3 is 5.97 Å². The second-order valence-corrected chi connectivity index (χ2v) is 5.89. The minimum absolute atomic E-state index is 0.0416. The highest BCUT2D eigenvalue weighted by molar-refractivity contribution is 9.10. The average Bonchev–Trinajstić information content (AvgIpc) is 2.80. The molecule has 0 aromatic carbocycles. The van der Waals surface area contributed by atoms with Crippen molar-refractivity contribution in [3.05, 3.63) is 22.6 Å². The number of carboxylic acids is 1. The second kappa shape index (κ2) is 7.26. The number of furan rings is 1. The van der Waals surface area contributed by atoms with E-state index in [1.54, 1.807) is 19.9 Å². The number of carbonyl (C=O) groups excluding carboxylic acids is 2. The quantitative estimate of drug-likeness (QED) is 0.683. The summed E-state index contributed by atoms with van der Waals surface area (Å²) in [6.07, 6.45) is 0.257. The molecule has 1 aromatic rings. The first kappa shape index (κ1) is 17.2. The Morgan fingerprint density at radius 3 is 2.52 bits per heavy atom. The van der Waals surface area contributed by atoms with Crippen molar-refractivity contribution in [1.29, 1.82) is 0 Å². The number of hydrogen-bond acceptors (Lipinski definition) is 4. The molecule has 0 fully saturated rings. The standard InChI is InChI=1S/C13H17BrN2O5/c1-13(2,6-5-11(18)19)16-10(17)7-15-12(20)8-3-4-9(14)21-8/h3-4H,5-7H2,1-2H3,(H,15,20)(H,16,17)(H,18,19). The molecule has 0 aliphatic carbocycles. The van der Waals surface area contributed by atoms with Crippen molar-refractivity contribution in [2.45, 2.75) is 32.2 Å². The summed E-state index contributed by atoms with van der Waals surface area (Å²) in [6, 6.07) is 3.05. The first-order valence-corrected chi connectivity index (χ1v) is 7.05. The van der Waals surface area contributed by atoms with Gasteiger partial charge in [-0.3, -0.25) is 14.4 Å². The molecule has 3 N–H and O–H groups in total. The van der Waals surface area contributed by atoms with E-state index in [1.165, 1.54) is 6.07 Å². The summed E-state index contributed by atoms with van der Waals surface area (Å²) in [5, 5.41) is 13.7. The molecule has 1 heterocycles. The van der Waals surface area contributed by atoms with E-state index in [0.717, 1.165) is 0 Å². The van der Waals surface area contributed by atoms with E-state index in [2.05, 4.69) is 26.6 Å². The van der Waals surface area contributed by atoms with Gasteiger partial charge in [-0.05, 0) is 48.3 Å². The van der Waals surface area contributed by atoms with E-state index in [9.17, 15) is 14.4 Å². The smallest absolute Gasteiger partial charge is 0.303 e. The van der Waals surface area contributed by atoms with Crippen molar-refractivity contribution >= 4 is 33.7 Å². The molecule has 0 aliphatic rings. The Labute approximate surface area is 130 Å². The molecule has 0 radical (unpaired) electrons. The summed E-state index contributed by atoms with van der Waals surface area (Å²) in [4.78, 5) is 33.9. The molecule has 0 unspecified atom stereocenters. The van der Waals surface area contributed by atoms with Gasteiger partial charge in [-0.15, -0.1) is 0 Å². The van der Waals surface area contributed by atoms with Gasteiger partial charge in [-0.1, -0.05) is 0 Å². The van der Waals surface area contributed by atoms with E-state index in [0.29, 0.717) is 11.1 Å². The molecule has 0 atom stereocenters. The third-order valence-corrected chi connectivity index (χ3v) is 3.07. The zero-order valence-corrected chi connectivity index (χ0v) is 13.3. The van der Waals surface area contributed by atoms with Crippen LogP contribution in [0.4, 0.5) is 0 Å². The van der Waals surface area contributed by atoms with Crippen molar-refractivity contribution < 1.29 is 23.9 Å². The minimum atomic E-state index is -0.922. The number of carbonyl (C=O) groups is 3. The lowest BCUT2D eigenvalue weighted by molar-refractivity contribution is -0.137. The SMILES string of the molecule is CC(C)(CCC(=O)O)NC(=O)CNC(=O)c1ccc(Br)o1. The molecule has 7 nitrogen and oxygen atoms in total. The molecule has 8 heteroatoms.